The van der Waals surface area contributed by atoms with Crippen LogP contribution in [0.25, 0.3) is 0 Å². The smallest absolute Gasteiger partial charge is 0.253 e. The minimum Gasteiger partial charge on any atom is -0.368 e. The van der Waals surface area contributed by atoms with Crippen LogP contribution in [-0.4, -0.2) is 38.7 Å². The van der Waals surface area contributed by atoms with Crippen LogP contribution in [0.4, 0.5) is 0 Å². The molecular weight excluding hydrogens is 282 g/mol. The van der Waals surface area contributed by atoms with E-state index in [9.17, 15) is 4.79 Å². The normalized spacial score (nSPS) is 24.6. The van der Waals surface area contributed by atoms with Crippen LogP contribution in [-0.2, 0) is 4.74 Å². The van der Waals surface area contributed by atoms with Gasteiger partial charge in [0, 0.05) is 18.5 Å². The zero-order chi connectivity index (χ0) is 15.1. The molecule has 1 amide bonds. The third kappa shape index (κ3) is 2.41. The van der Waals surface area contributed by atoms with E-state index in [2.05, 4.69) is 25.5 Å². The highest BCUT2D eigenvalue weighted by Crippen LogP contribution is 2.40. The Kier molecular flexibility index (Phi) is 3.22. The molecule has 2 aromatic heterocycles. The summed E-state index contributed by atoms with van der Waals surface area (Å²) in [6.45, 7) is 2.45. The predicted molar refractivity (Wildman–Crippen MR) is 78.5 cm³/mol. The molecule has 22 heavy (non-hydrogen) atoms. The molecule has 2 aromatic rings. The van der Waals surface area contributed by atoms with Crippen molar-refractivity contribution in [1.29, 1.82) is 0 Å². The van der Waals surface area contributed by atoms with E-state index >= 15 is 0 Å². The fraction of sp³-hybridized carbons (Fsp3) is 0.533. The van der Waals surface area contributed by atoms with E-state index in [1.54, 1.807) is 0 Å². The molecule has 4 rings (SSSR count). The van der Waals surface area contributed by atoms with E-state index in [-0.39, 0.29) is 18.1 Å². The summed E-state index contributed by atoms with van der Waals surface area (Å²) in [5, 5.41) is 10.1. The van der Waals surface area contributed by atoms with Crippen molar-refractivity contribution in [3.8, 4) is 0 Å². The van der Waals surface area contributed by atoms with Crippen LogP contribution in [0.3, 0.4) is 0 Å². The maximum Gasteiger partial charge on any atom is 0.253 e. The SMILES string of the molecule is Cc1nc([C@@H]2OCC[C@@H]2NC(=O)c2cc[nH]c2C2CC2)n[nH]1. The molecule has 3 heterocycles. The Labute approximate surface area is 127 Å². The second-order valence-electron chi connectivity index (χ2n) is 6.02. The van der Waals surface area contributed by atoms with Crippen LogP contribution < -0.4 is 5.32 Å². The summed E-state index contributed by atoms with van der Waals surface area (Å²) in [6, 6.07) is 1.76. The first-order chi connectivity index (χ1) is 10.7. The second-order valence-corrected chi connectivity index (χ2v) is 6.02. The number of amides is 1. The van der Waals surface area contributed by atoms with Crippen molar-refractivity contribution in [2.45, 2.75) is 44.2 Å². The van der Waals surface area contributed by atoms with Gasteiger partial charge in [-0.15, -0.1) is 0 Å². The number of hydrogen-bond acceptors (Lipinski definition) is 4. The molecular formula is C15H19N5O2. The number of hydrogen-bond donors (Lipinski definition) is 3. The van der Waals surface area contributed by atoms with Gasteiger partial charge < -0.3 is 15.0 Å². The molecule has 7 nitrogen and oxygen atoms in total. The summed E-state index contributed by atoms with van der Waals surface area (Å²) >= 11 is 0. The van der Waals surface area contributed by atoms with E-state index in [4.69, 9.17) is 4.74 Å². The molecule has 1 saturated heterocycles. The highest BCUT2D eigenvalue weighted by Gasteiger charge is 2.35. The Bertz CT molecular complexity index is 688. The molecule has 0 aromatic carbocycles. The summed E-state index contributed by atoms with van der Waals surface area (Å²) in [4.78, 5) is 20.1. The van der Waals surface area contributed by atoms with Crippen LogP contribution in [0.2, 0.25) is 0 Å². The van der Waals surface area contributed by atoms with Gasteiger partial charge in [0.25, 0.3) is 5.91 Å². The molecule has 3 N–H and O–H groups in total. The summed E-state index contributed by atoms with van der Waals surface area (Å²) in [5.41, 5.74) is 1.81. The van der Waals surface area contributed by atoms with Gasteiger partial charge in [0.15, 0.2) is 5.82 Å². The maximum atomic E-state index is 12.6. The fourth-order valence-corrected chi connectivity index (χ4v) is 3.02. The van der Waals surface area contributed by atoms with Crippen molar-refractivity contribution in [3.05, 3.63) is 35.2 Å². The monoisotopic (exact) mass is 301 g/mol. The number of carbonyl (C=O) groups is 1. The molecule has 0 spiro atoms. The molecule has 2 atom stereocenters. The Morgan fingerprint density at radius 2 is 2.27 bits per heavy atom. The molecule has 1 aliphatic carbocycles. The van der Waals surface area contributed by atoms with Gasteiger partial charge >= 0.3 is 0 Å². The Morgan fingerprint density at radius 1 is 1.41 bits per heavy atom. The number of carbonyl (C=O) groups excluding carboxylic acids is 1. The fourth-order valence-electron chi connectivity index (χ4n) is 3.02. The lowest BCUT2D eigenvalue weighted by Crippen LogP contribution is -2.37. The summed E-state index contributed by atoms with van der Waals surface area (Å²) < 4.78 is 5.71. The number of aromatic amines is 2. The van der Waals surface area contributed by atoms with Gasteiger partial charge in [0.1, 0.15) is 11.9 Å². The standard InChI is InChI=1S/C15H19N5O2/c1-8-17-14(20-19-8)13-11(5-7-22-13)18-15(21)10-4-6-16-12(10)9-2-3-9/h4,6,9,11,13,16H,2-3,5,7H2,1H3,(H,18,21)(H,17,19,20)/t11-,13+/m0/s1. The van der Waals surface area contributed by atoms with Crippen molar-refractivity contribution in [3.63, 3.8) is 0 Å². The highest BCUT2D eigenvalue weighted by atomic mass is 16.5. The molecule has 1 saturated carbocycles. The van der Waals surface area contributed by atoms with Gasteiger partial charge in [-0.25, -0.2) is 4.98 Å². The number of aryl methyl sites for hydroxylation is 1. The number of ether oxygens (including phenoxy) is 1. The Hall–Kier alpha value is -2.15. The molecule has 2 fully saturated rings. The summed E-state index contributed by atoms with van der Waals surface area (Å²) in [6.07, 6.45) is 4.65. The zero-order valence-electron chi connectivity index (χ0n) is 12.4. The lowest BCUT2D eigenvalue weighted by molar-refractivity contribution is 0.0791. The zero-order valence-corrected chi connectivity index (χ0v) is 12.4. The number of aromatic nitrogens is 4. The Balaban J connectivity index is 1.49. The first kappa shape index (κ1) is 13.5. The van der Waals surface area contributed by atoms with E-state index < -0.39 is 0 Å². The maximum absolute atomic E-state index is 12.6. The number of H-pyrrole nitrogens is 2. The van der Waals surface area contributed by atoms with Crippen LogP contribution in [0, 0.1) is 6.92 Å². The van der Waals surface area contributed by atoms with Crippen molar-refractivity contribution in [2.24, 2.45) is 0 Å². The first-order valence-corrected chi connectivity index (χ1v) is 7.71. The predicted octanol–water partition coefficient (Wildman–Crippen LogP) is 1.58. The van der Waals surface area contributed by atoms with E-state index in [1.807, 2.05) is 19.2 Å². The lowest BCUT2D eigenvalue weighted by Gasteiger charge is -2.17. The van der Waals surface area contributed by atoms with E-state index in [0.29, 0.717) is 18.3 Å². The molecule has 0 bridgehead atoms. The average Bonchev–Trinajstić information content (AvgIpc) is 2.93. The number of nitrogens with zero attached hydrogens (tertiary/aromatic N) is 2. The minimum atomic E-state index is -0.280. The van der Waals surface area contributed by atoms with Gasteiger partial charge in [-0.1, -0.05) is 0 Å². The quantitative estimate of drug-likeness (QED) is 0.799. The first-order valence-electron chi connectivity index (χ1n) is 7.71. The molecule has 0 unspecified atom stereocenters. The lowest BCUT2D eigenvalue weighted by atomic mass is 10.1. The van der Waals surface area contributed by atoms with Crippen LogP contribution in [0.1, 0.15) is 59.0 Å². The molecule has 1 aliphatic heterocycles. The summed E-state index contributed by atoms with van der Waals surface area (Å²) in [7, 11) is 0. The average molecular weight is 301 g/mol. The summed E-state index contributed by atoms with van der Waals surface area (Å²) in [5.74, 6) is 1.83. The van der Waals surface area contributed by atoms with Crippen molar-refractivity contribution >= 4 is 5.91 Å². The number of rotatable bonds is 4. The number of nitrogens with one attached hydrogen (secondary N) is 3. The van der Waals surface area contributed by atoms with Crippen molar-refractivity contribution in [1.82, 2.24) is 25.5 Å². The van der Waals surface area contributed by atoms with Gasteiger partial charge in [-0.05, 0) is 38.2 Å². The Morgan fingerprint density at radius 3 is 3.00 bits per heavy atom. The molecule has 0 radical (unpaired) electrons. The third-order valence-corrected chi connectivity index (χ3v) is 4.29. The van der Waals surface area contributed by atoms with Crippen molar-refractivity contribution in [2.75, 3.05) is 6.61 Å². The molecule has 7 heteroatoms. The molecule has 116 valence electrons. The van der Waals surface area contributed by atoms with Gasteiger partial charge in [-0.2, -0.15) is 5.10 Å². The topological polar surface area (TPSA) is 95.7 Å². The molecule has 2 aliphatic rings. The van der Waals surface area contributed by atoms with Crippen LogP contribution in [0.15, 0.2) is 12.3 Å². The van der Waals surface area contributed by atoms with Crippen molar-refractivity contribution < 1.29 is 9.53 Å². The third-order valence-electron chi connectivity index (χ3n) is 4.29. The van der Waals surface area contributed by atoms with E-state index in [0.717, 1.165) is 36.3 Å². The van der Waals surface area contributed by atoms with Gasteiger partial charge in [-0.3, -0.25) is 9.89 Å². The van der Waals surface area contributed by atoms with E-state index in [1.165, 1.54) is 0 Å². The van der Waals surface area contributed by atoms with Gasteiger partial charge in [0.2, 0.25) is 0 Å². The largest absolute Gasteiger partial charge is 0.368 e. The van der Waals surface area contributed by atoms with Crippen LogP contribution in [0.5, 0.6) is 0 Å². The second kappa shape index (κ2) is 5.24. The van der Waals surface area contributed by atoms with Crippen LogP contribution >= 0.6 is 0 Å². The highest BCUT2D eigenvalue weighted by molar-refractivity contribution is 5.96. The minimum absolute atomic E-state index is 0.0455. The van der Waals surface area contributed by atoms with Gasteiger partial charge in [0.05, 0.1) is 11.6 Å².